The van der Waals surface area contributed by atoms with Crippen LogP contribution in [0.1, 0.15) is 32.4 Å². The van der Waals surface area contributed by atoms with Crippen molar-refractivity contribution in [2.45, 2.75) is 38.9 Å². The van der Waals surface area contributed by atoms with E-state index < -0.39 is 0 Å². The maximum Gasteiger partial charge on any atom is 0.128 e. The van der Waals surface area contributed by atoms with Gasteiger partial charge < -0.3 is 10.6 Å². The van der Waals surface area contributed by atoms with E-state index >= 15 is 0 Å². The minimum atomic E-state index is 0.0639. The Bertz CT molecular complexity index is 393. The second-order valence-corrected chi connectivity index (χ2v) is 5.50. The molecule has 0 radical (unpaired) electrons. The van der Waals surface area contributed by atoms with E-state index in [4.69, 9.17) is 5.73 Å². The zero-order valence-corrected chi connectivity index (χ0v) is 11.8. The molecule has 1 aromatic heterocycles. The van der Waals surface area contributed by atoms with E-state index in [0.717, 1.165) is 24.5 Å². The smallest absolute Gasteiger partial charge is 0.128 e. The second-order valence-electron chi connectivity index (χ2n) is 5.50. The third kappa shape index (κ3) is 2.65. The van der Waals surface area contributed by atoms with Gasteiger partial charge >= 0.3 is 0 Å². The highest BCUT2D eigenvalue weighted by atomic mass is 15.3. The first kappa shape index (κ1) is 13.3. The Morgan fingerprint density at radius 1 is 1.33 bits per heavy atom. The molecule has 1 aliphatic heterocycles. The molecule has 18 heavy (non-hydrogen) atoms. The number of rotatable bonds is 2. The molecule has 3 atom stereocenters. The first-order valence-electron chi connectivity index (χ1n) is 6.67. The molecule has 1 fully saturated rings. The van der Waals surface area contributed by atoms with Crippen molar-refractivity contribution < 1.29 is 0 Å². The fraction of sp³-hybridized carbons (Fsp3) is 0.643. The van der Waals surface area contributed by atoms with E-state index in [9.17, 15) is 0 Å². The molecule has 0 saturated carbocycles. The quantitative estimate of drug-likeness (QED) is 0.864. The molecule has 0 aliphatic carbocycles. The number of aromatic nitrogens is 1. The summed E-state index contributed by atoms with van der Waals surface area (Å²) in [5.41, 5.74) is 7.09. The van der Waals surface area contributed by atoms with Crippen molar-refractivity contribution in [1.82, 2.24) is 9.88 Å². The van der Waals surface area contributed by atoms with Gasteiger partial charge in [-0.3, -0.25) is 4.90 Å². The fourth-order valence-electron chi connectivity index (χ4n) is 2.48. The first-order valence-corrected chi connectivity index (χ1v) is 6.67. The highest BCUT2D eigenvalue weighted by molar-refractivity contribution is 5.42. The Kier molecular flexibility index (Phi) is 3.88. The monoisotopic (exact) mass is 248 g/mol. The SMILES string of the molecule is CC1CN(c2cc([C@H](C)N)ccn2)CC(C)N1C. The summed E-state index contributed by atoms with van der Waals surface area (Å²) in [5.74, 6) is 1.05. The minimum Gasteiger partial charge on any atom is -0.353 e. The van der Waals surface area contributed by atoms with E-state index in [1.807, 2.05) is 19.2 Å². The van der Waals surface area contributed by atoms with Gasteiger partial charge in [-0.05, 0) is 45.5 Å². The van der Waals surface area contributed by atoms with Gasteiger partial charge in [0, 0.05) is 37.4 Å². The lowest BCUT2D eigenvalue weighted by molar-refractivity contribution is 0.169. The molecule has 2 unspecified atom stereocenters. The van der Waals surface area contributed by atoms with E-state index in [1.165, 1.54) is 0 Å². The van der Waals surface area contributed by atoms with Crippen molar-refractivity contribution in [2.24, 2.45) is 5.73 Å². The molecule has 1 aromatic rings. The number of likely N-dealkylation sites (N-methyl/N-ethyl adjacent to an activating group) is 1. The van der Waals surface area contributed by atoms with Crippen LogP contribution in [0.5, 0.6) is 0 Å². The standard InChI is InChI=1S/C14H24N4/c1-10-8-18(9-11(2)17(10)4)14-7-13(12(3)15)5-6-16-14/h5-7,10-12H,8-9,15H2,1-4H3/t10?,11?,12-/m0/s1. The van der Waals surface area contributed by atoms with Gasteiger partial charge in [0.15, 0.2) is 0 Å². The van der Waals surface area contributed by atoms with Gasteiger partial charge in [-0.25, -0.2) is 4.98 Å². The summed E-state index contributed by atoms with van der Waals surface area (Å²) in [7, 11) is 2.19. The third-order valence-corrected chi connectivity index (χ3v) is 3.98. The van der Waals surface area contributed by atoms with E-state index in [-0.39, 0.29) is 6.04 Å². The van der Waals surface area contributed by atoms with Gasteiger partial charge in [-0.2, -0.15) is 0 Å². The van der Waals surface area contributed by atoms with Crippen molar-refractivity contribution in [3.05, 3.63) is 23.9 Å². The van der Waals surface area contributed by atoms with Gasteiger partial charge in [0.05, 0.1) is 0 Å². The first-order chi connectivity index (χ1) is 8.49. The number of anilines is 1. The second kappa shape index (κ2) is 5.24. The van der Waals surface area contributed by atoms with Gasteiger partial charge in [0.25, 0.3) is 0 Å². The van der Waals surface area contributed by atoms with E-state index in [2.05, 4.69) is 41.7 Å². The lowest BCUT2D eigenvalue weighted by Crippen LogP contribution is -2.55. The van der Waals surface area contributed by atoms with Crippen LogP contribution in [-0.4, -0.2) is 42.1 Å². The molecule has 1 saturated heterocycles. The predicted molar refractivity (Wildman–Crippen MR) is 75.7 cm³/mol. The summed E-state index contributed by atoms with van der Waals surface area (Å²) >= 11 is 0. The molecule has 0 aromatic carbocycles. The summed E-state index contributed by atoms with van der Waals surface area (Å²) in [6.45, 7) is 8.58. The Morgan fingerprint density at radius 2 is 1.94 bits per heavy atom. The van der Waals surface area contributed by atoms with Crippen LogP contribution in [0.2, 0.25) is 0 Å². The summed E-state index contributed by atoms with van der Waals surface area (Å²) in [6, 6.07) is 5.28. The molecule has 1 aliphatic rings. The van der Waals surface area contributed by atoms with Crippen molar-refractivity contribution >= 4 is 5.82 Å². The molecular weight excluding hydrogens is 224 g/mol. The third-order valence-electron chi connectivity index (χ3n) is 3.98. The van der Waals surface area contributed by atoms with Crippen LogP contribution in [0.4, 0.5) is 5.82 Å². The fourth-order valence-corrected chi connectivity index (χ4v) is 2.48. The maximum absolute atomic E-state index is 5.93. The van der Waals surface area contributed by atoms with Crippen molar-refractivity contribution in [1.29, 1.82) is 0 Å². The maximum atomic E-state index is 5.93. The van der Waals surface area contributed by atoms with Crippen molar-refractivity contribution in [3.63, 3.8) is 0 Å². The summed E-state index contributed by atoms with van der Waals surface area (Å²) < 4.78 is 0. The minimum absolute atomic E-state index is 0.0639. The van der Waals surface area contributed by atoms with E-state index in [1.54, 1.807) is 0 Å². The number of nitrogens with two attached hydrogens (primary N) is 1. The zero-order valence-electron chi connectivity index (χ0n) is 11.8. The van der Waals surface area contributed by atoms with Crippen LogP contribution in [0.15, 0.2) is 18.3 Å². The topological polar surface area (TPSA) is 45.4 Å². The highest BCUT2D eigenvalue weighted by Gasteiger charge is 2.27. The zero-order chi connectivity index (χ0) is 13.3. The number of piperazine rings is 1. The largest absolute Gasteiger partial charge is 0.353 e. The number of nitrogens with zero attached hydrogens (tertiary/aromatic N) is 3. The molecule has 4 nitrogen and oxygen atoms in total. The van der Waals surface area contributed by atoms with Crippen LogP contribution < -0.4 is 10.6 Å². The van der Waals surface area contributed by atoms with Crippen LogP contribution in [-0.2, 0) is 0 Å². The van der Waals surface area contributed by atoms with Crippen molar-refractivity contribution in [3.8, 4) is 0 Å². The van der Waals surface area contributed by atoms with E-state index in [0.29, 0.717) is 12.1 Å². The normalized spacial score (nSPS) is 27.3. The molecule has 2 rings (SSSR count). The summed E-state index contributed by atoms with van der Waals surface area (Å²) in [4.78, 5) is 9.28. The van der Waals surface area contributed by atoms with Crippen LogP contribution in [0.25, 0.3) is 0 Å². The van der Waals surface area contributed by atoms with Crippen molar-refractivity contribution in [2.75, 3.05) is 25.0 Å². The number of hydrogen-bond donors (Lipinski definition) is 1. The highest BCUT2D eigenvalue weighted by Crippen LogP contribution is 2.21. The lowest BCUT2D eigenvalue weighted by Gasteiger charge is -2.43. The predicted octanol–water partition coefficient (Wildman–Crippen LogP) is 1.63. The average molecular weight is 248 g/mol. The molecule has 0 spiro atoms. The van der Waals surface area contributed by atoms with Crippen LogP contribution >= 0.6 is 0 Å². The number of pyridine rings is 1. The van der Waals surface area contributed by atoms with Gasteiger partial charge in [0.1, 0.15) is 5.82 Å². The summed E-state index contributed by atoms with van der Waals surface area (Å²) in [5, 5.41) is 0. The Morgan fingerprint density at radius 3 is 2.50 bits per heavy atom. The Hall–Kier alpha value is -1.13. The van der Waals surface area contributed by atoms with Gasteiger partial charge in [0.2, 0.25) is 0 Å². The average Bonchev–Trinajstić information content (AvgIpc) is 2.35. The Balaban J connectivity index is 2.19. The molecule has 2 heterocycles. The summed E-state index contributed by atoms with van der Waals surface area (Å²) in [6.07, 6.45) is 1.86. The number of hydrogen-bond acceptors (Lipinski definition) is 4. The molecule has 0 amide bonds. The molecular formula is C14H24N4. The van der Waals surface area contributed by atoms with Crippen LogP contribution in [0.3, 0.4) is 0 Å². The molecule has 2 N–H and O–H groups in total. The molecule has 4 heteroatoms. The molecule has 0 bridgehead atoms. The van der Waals surface area contributed by atoms with Crippen LogP contribution in [0, 0.1) is 0 Å². The Labute approximate surface area is 110 Å². The van der Waals surface area contributed by atoms with Gasteiger partial charge in [-0.1, -0.05) is 0 Å². The lowest BCUT2D eigenvalue weighted by atomic mass is 10.1. The van der Waals surface area contributed by atoms with Gasteiger partial charge in [-0.15, -0.1) is 0 Å². The molecule has 100 valence electrons.